The molecule has 2 rings (SSSR count). The van der Waals surface area contributed by atoms with Crippen LogP contribution < -0.4 is 18.9 Å². The second kappa shape index (κ2) is 9.71. The molecular weight excluding hydrogens is 348 g/mol. The van der Waals surface area contributed by atoms with Crippen molar-refractivity contribution in [2.75, 3.05) is 35.0 Å². The Bertz CT molecular complexity index is 729. The third-order valence-corrected chi connectivity index (χ3v) is 4.28. The monoisotopic (exact) mass is 374 g/mol. The number of carbonyl (C=O) groups is 1. The summed E-state index contributed by atoms with van der Waals surface area (Å²) in [5.41, 5.74) is 1.82. The lowest BCUT2D eigenvalue weighted by atomic mass is 9.88. The summed E-state index contributed by atoms with van der Waals surface area (Å²) >= 11 is 0. The summed E-state index contributed by atoms with van der Waals surface area (Å²) in [5.74, 6) is 1.83. The summed E-state index contributed by atoms with van der Waals surface area (Å²) in [7, 11) is 6.30. The molecular formula is C21H26O6. The second-order valence-corrected chi connectivity index (χ2v) is 5.79. The van der Waals surface area contributed by atoms with E-state index >= 15 is 0 Å². The summed E-state index contributed by atoms with van der Waals surface area (Å²) < 4.78 is 26.7. The normalized spacial score (nSPS) is 11.4. The predicted octanol–water partition coefficient (Wildman–Crippen LogP) is 3.81. The molecule has 6 heteroatoms. The van der Waals surface area contributed by atoms with Crippen molar-refractivity contribution in [2.24, 2.45) is 0 Å². The first-order valence-corrected chi connectivity index (χ1v) is 8.67. The maximum Gasteiger partial charge on any atom is 0.306 e. The quantitative estimate of drug-likeness (QED) is 0.622. The number of esters is 1. The zero-order valence-electron chi connectivity index (χ0n) is 16.4. The van der Waals surface area contributed by atoms with Gasteiger partial charge in [-0.25, -0.2) is 0 Å². The van der Waals surface area contributed by atoms with E-state index in [9.17, 15) is 4.79 Å². The Labute approximate surface area is 160 Å². The topological polar surface area (TPSA) is 63.2 Å². The molecule has 0 N–H and O–H groups in total. The van der Waals surface area contributed by atoms with E-state index in [2.05, 4.69) is 0 Å². The number of rotatable bonds is 9. The van der Waals surface area contributed by atoms with Crippen LogP contribution in [0.25, 0.3) is 0 Å². The average molecular weight is 374 g/mol. The molecule has 6 nitrogen and oxygen atoms in total. The van der Waals surface area contributed by atoms with E-state index in [-0.39, 0.29) is 18.3 Å². The molecule has 0 amide bonds. The summed E-state index contributed by atoms with van der Waals surface area (Å²) in [5, 5.41) is 0. The predicted molar refractivity (Wildman–Crippen MR) is 102 cm³/mol. The number of benzene rings is 2. The number of methoxy groups -OCH3 is 4. The van der Waals surface area contributed by atoms with Crippen molar-refractivity contribution < 1.29 is 28.5 Å². The van der Waals surface area contributed by atoms with Gasteiger partial charge in [0, 0.05) is 5.92 Å². The van der Waals surface area contributed by atoms with Crippen LogP contribution in [0.2, 0.25) is 0 Å². The lowest BCUT2D eigenvalue weighted by Crippen LogP contribution is -2.12. The Morgan fingerprint density at radius 3 is 1.89 bits per heavy atom. The Kier molecular flexibility index (Phi) is 7.34. The number of ether oxygens (including phenoxy) is 5. The summed E-state index contributed by atoms with van der Waals surface area (Å²) in [6.07, 6.45) is 0.193. The van der Waals surface area contributed by atoms with E-state index in [4.69, 9.17) is 23.7 Å². The fourth-order valence-corrected chi connectivity index (χ4v) is 2.95. The Hall–Kier alpha value is -2.89. The number of hydrogen-bond acceptors (Lipinski definition) is 6. The molecule has 2 aromatic carbocycles. The van der Waals surface area contributed by atoms with Crippen LogP contribution in [-0.2, 0) is 9.53 Å². The van der Waals surface area contributed by atoms with E-state index in [1.807, 2.05) is 36.4 Å². The zero-order valence-corrected chi connectivity index (χ0v) is 16.4. The van der Waals surface area contributed by atoms with Crippen LogP contribution >= 0.6 is 0 Å². The van der Waals surface area contributed by atoms with Gasteiger partial charge in [0.15, 0.2) is 11.5 Å². The minimum absolute atomic E-state index is 0.193. The Morgan fingerprint density at radius 1 is 0.852 bits per heavy atom. The highest BCUT2D eigenvalue weighted by atomic mass is 16.5. The molecule has 0 aliphatic rings. The number of hydrogen-bond donors (Lipinski definition) is 0. The van der Waals surface area contributed by atoms with E-state index in [1.165, 1.54) is 0 Å². The molecule has 0 saturated heterocycles. The van der Waals surface area contributed by atoms with Crippen LogP contribution in [0.3, 0.4) is 0 Å². The van der Waals surface area contributed by atoms with Crippen molar-refractivity contribution in [3.05, 3.63) is 47.5 Å². The smallest absolute Gasteiger partial charge is 0.306 e. The molecule has 2 aromatic rings. The first-order chi connectivity index (χ1) is 13.1. The van der Waals surface area contributed by atoms with Gasteiger partial charge in [-0.05, 0) is 42.3 Å². The van der Waals surface area contributed by atoms with Gasteiger partial charge in [0.05, 0.1) is 41.5 Å². The standard InChI is InChI=1S/C21H26O6/c1-6-27-20(22)13-17(14-7-9-16(23-2)10-8-14)15-11-18(24-3)21(26-5)19(12-15)25-4/h7-12,17H,6,13H2,1-5H3. The minimum atomic E-state index is -0.271. The SMILES string of the molecule is CCOC(=O)CC(c1ccc(OC)cc1)c1cc(OC)c(OC)c(OC)c1. The van der Waals surface area contributed by atoms with Crippen molar-refractivity contribution in [3.63, 3.8) is 0 Å². The largest absolute Gasteiger partial charge is 0.497 e. The molecule has 0 aliphatic heterocycles. The first-order valence-electron chi connectivity index (χ1n) is 8.67. The molecule has 0 saturated carbocycles. The second-order valence-electron chi connectivity index (χ2n) is 5.79. The maximum absolute atomic E-state index is 12.2. The van der Waals surface area contributed by atoms with E-state index in [1.54, 1.807) is 35.4 Å². The fraction of sp³-hybridized carbons (Fsp3) is 0.381. The first kappa shape index (κ1) is 20.4. The maximum atomic E-state index is 12.2. The Morgan fingerprint density at radius 2 is 1.44 bits per heavy atom. The van der Waals surface area contributed by atoms with Gasteiger partial charge in [0.1, 0.15) is 5.75 Å². The van der Waals surface area contributed by atoms with E-state index < -0.39 is 0 Å². The molecule has 0 fully saturated rings. The van der Waals surface area contributed by atoms with Gasteiger partial charge in [-0.1, -0.05) is 12.1 Å². The van der Waals surface area contributed by atoms with Gasteiger partial charge in [-0.2, -0.15) is 0 Å². The minimum Gasteiger partial charge on any atom is -0.497 e. The molecule has 0 aromatic heterocycles. The lowest BCUT2D eigenvalue weighted by Gasteiger charge is -2.21. The molecule has 0 aliphatic carbocycles. The van der Waals surface area contributed by atoms with Crippen LogP contribution in [0.15, 0.2) is 36.4 Å². The summed E-state index contributed by atoms with van der Waals surface area (Å²) in [6, 6.07) is 11.3. The summed E-state index contributed by atoms with van der Waals surface area (Å²) in [4.78, 5) is 12.2. The molecule has 0 bridgehead atoms. The molecule has 27 heavy (non-hydrogen) atoms. The highest BCUT2D eigenvalue weighted by molar-refractivity contribution is 5.72. The van der Waals surface area contributed by atoms with Crippen LogP contribution in [-0.4, -0.2) is 41.0 Å². The van der Waals surface area contributed by atoms with Crippen LogP contribution in [0.4, 0.5) is 0 Å². The molecule has 1 atom stereocenters. The van der Waals surface area contributed by atoms with Gasteiger partial charge < -0.3 is 23.7 Å². The zero-order chi connectivity index (χ0) is 19.8. The highest BCUT2D eigenvalue weighted by Crippen LogP contribution is 2.42. The molecule has 1 unspecified atom stereocenters. The Balaban J connectivity index is 2.52. The van der Waals surface area contributed by atoms with Crippen molar-refractivity contribution in [2.45, 2.75) is 19.3 Å². The van der Waals surface area contributed by atoms with Gasteiger partial charge in [0.2, 0.25) is 5.75 Å². The molecule has 0 spiro atoms. The molecule has 146 valence electrons. The van der Waals surface area contributed by atoms with Crippen molar-refractivity contribution in [3.8, 4) is 23.0 Å². The van der Waals surface area contributed by atoms with E-state index in [0.29, 0.717) is 23.9 Å². The van der Waals surface area contributed by atoms with Crippen molar-refractivity contribution in [1.82, 2.24) is 0 Å². The van der Waals surface area contributed by atoms with Crippen LogP contribution in [0, 0.1) is 0 Å². The third-order valence-electron chi connectivity index (χ3n) is 4.28. The van der Waals surface area contributed by atoms with Gasteiger partial charge in [-0.3, -0.25) is 4.79 Å². The fourth-order valence-electron chi connectivity index (χ4n) is 2.95. The van der Waals surface area contributed by atoms with Gasteiger partial charge in [0.25, 0.3) is 0 Å². The van der Waals surface area contributed by atoms with Crippen molar-refractivity contribution in [1.29, 1.82) is 0 Å². The molecule has 0 heterocycles. The van der Waals surface area contributed by atoms with Crippen molar-refractivity contribution >= 4 is 5.97 Å². The average Bonchev–Trinajstić information content (AvgIpc) is 2.71. The third kappa shape index (κ3) is 4.84. The number of carbonyl (C=O) groups excluding carboxylic acids is 1. The van der Waals surface area contributed by atoms with E-state index in [0.717, 1.165) is 16.9 Å². The van der Waals surface area contributed by atoms with Crippen LogP contribution in [0.5, 0.6) is 23.0 Å². The highest BCUT2D eigenvalue weighted by Gasteiger charge is 2.23. The van der Waals surface area contributed by atoms with Crippen LogP contribution in [0.1, 0.15) is 30.4 Å². The van der Waals surface area contributed by atoms with Gasteiger partial charge >= 0.3 is 5.97 Å². The summed E-state index contributed by atoms with van der Waals surface area (Å²) in [6.45, 7) is 2.13. The van der Waals surface area contributed by atoms with Gasteiger partial charge in [-0.15, -0.1) is 0 Å². The lowest BCUT2D eigenvalue weighted by molar-refractivity contribution is -0.143. The molecule has 0 radical (unpaired) electrons.